The van der Waals surface area contributed by atoms with E-state index in [0.29, 0.717) is 26.2 Å². The summed E-state index contributed by atoms with van der Waals surface area (Å²) in [7, 11) is 0. The number of hydrogen-bond acceptors (Lipinski definition) is 4. The van der Waals surface area contributed by atoms with E-state index < -0.39 is 0 Å². The molecule has 0 aromatic heterocycles. The Morgan fingerprint density at radius 1 is 1.14 bits per heavy atom. The maximum atomic E-state index is 12.7. The summed E-state index contributed by atoms with van der Waals surface area (Å²) in [6.07, 6.45) is 2.28. The molecule has 0 aliphatic carbocycles. The van der Waals surface area contributed by atoms with Gasteiger partial charge in [0.15, 0.2) is 0 Å². The molecule has 0 fully saturated rings. The summed E-state index contributed by atoms with van der Waals surface area (Å²) in [5.41, 5.74) is 4.44. The van der Waals surface area contributed by atoms with Crippen LogP contribution in [-0.4, -0.2) is 48.8 Å². The highest BCUT2D eigenvalue weighted by molar-refractivity contribution is 5.74. The molecule has 0 unspecified atom stereocenters. The number of benzene rings is 2. The van der Waals surface area contributed by atoms with Gasteiger partial charge in [-0.15, -0.1) is 0 Å². The Bertz CT molecular complexity index is 840. The Labute approximate surface area is 165 Å². The largest absolute Gasteiger partial charge is 0.491 e. The van der Waals surface area contributed by atoms with Gasteiger partial charge in [-0.25, -0.2) is 4.79 Å². The quantitative estimate of drug-likeness (QED) is 0.854. The van der Waals surface area contributed by atoms with Crippen LogP contribution in [0.5, 0.6) is 5.75 Å². The molecule has 6 heteroatoms. The molecule has 6 nitrogen and oxygen atoms in total. The third kappa shape index (κ3) is 4.07. The van der Waals surface area contributed by atoms with E-state index in [0.717, 1.165) is 42.8 Å². The van der Waals surface area contributed by atoms with E-state index in [-0.39, 0.29) is 12.6 Å². The second kappa shape index (κ2) is 8.52. The van der Waals surface area contributed by atoms with E-state index in [9.17, 15) is 9.90 Å². The number of nitrogens with zero attached hydrogens (tertiary/aromatic N) is 2. The molecule has 2 heterocycles. The van der Waals surface area contributed by atoms with Gasteiger partial charge in [0.25, 0.3) is 0 Å². The molecule has 0 saturated carbocycles. The number of aliphatic hydroxyl groups is 1. The smallest absolute Gasteiger partial charge is 0.317 e. The number of carbonyl (C=O) groups is 1. The Balaban J connectivity index is 1.34. The average Bonchev–Trinajstić information content (AvgIpc) is 2.95. The summed E-state index contributed by atoms with van der Waals surface area (Å²) in [6.45, 7) is 3.92. The van der Waals surface area contributed by atoms with Gasteiger partial charge < -0.3 is 25.0 Å². The topological polar surface area (TPSA) is 65.0 Å². The number of para-hydroxylation sites is 1. The molecule has 2 aliphatic heterocycles. The molecule has 4 rings (SSSR count). The van der Waals surface area contributed by atoms with Gasteiger partial charge in [-0.3, -0.25) is 0 Å². The Kier molecular flexibility index (Phi) is 5.67. The van der Waals surface area contributed by atoms with E-state index >= 15 is 0 Å². The van der Waals surface area contributed by atoms with Crippen molar-refractivity contribution in [2.75, 3.05) is 37.7 Å². The van der Waals surface area contributed by atoms with E-state index in [1.165, 1.54) is 11.3 Å². The lowest BCUT2D eigenvalue weighted by atomic mass is 10.0. The Hall–Kier alpha value is -2.73. The van der Waals surface area contributed by atoms with E-state index in [2.05, 4.69) is 34.5 Å². The van der Waals surface area contributed by atoms with Crippen LogP contribution in [0.2, 0.25) is 0 Å². The molecule has 28 heavy (non-hydrogen) atoms. The first kappa shape index (κ1) is 18.6. The van der Waals surface area contributed by atoms with Gasteiger partial charge in [0.2, 0.25) is 0 Å². The van der Waals surface area contributed by atoms with Crippen molar-refractivity contribution in [3.63, 3.8) is 0 Å². The fraction of sp³-hybridized carbons (Fsp3) is 0.409. The minimum atomic E-state index is -0.0730. The number of aryl methyl sites for hydroxylation is 1. The molecule has 2 aliphatic rings. The molecular weight excluding hydrogens is 354 g/mol. The molecule has 2 amide bonds. The van der Waals surface area contributed by atoms with Crippen molar-refractivity contribution in [2.45, 2.75) is 26.0 Å². The number of urea groups is 1. The minimum Gasteiger partial charge on any atom is -0.491 e. The summed E-state index contributed by atoms with van der Waals surface area (Å²) >= 11 is 0. The zero-order valence-electron chi connectivity index (χ0n) is 16.1. The highest BCUT2D eigenvalue weighted by Crippen LogP contribution is 2.26. The number of hydrogen-bond donors (Lipinski definition) is 2. The zero-order valence-corrected chi connectivity index (χ0v) is 16.1. The number of carbonyl (C=O) groups excluding carboxylic acids is 1. The second-order valence-corrected chi connectivity index (χ2v) is 7.32. The maximum Gasteiger partial charge on any atom is 0.317 e. The fourth-order valence-corrected chi connectivity index (χ4v) is 3.97. The number of aliphatic hydroxyl groups excluding tert-OH is 1. The SMILES string of the molecule is O=C(NCCN1CCCc2ccccc21)N1CCOc2ccc(CO)cc2C1. The second-order valence-electron chi connectivity index (χ2n) is 7.32. The van der Waals surface area contributed by atoms with E-state index in [1.807, 2.05) is 18.2 Å². The van der Waals surface area contributed by atoms with Gasteiger partial charge in [-0.1, -0.05) is 24.3 Å². The molecule has 148 valence electrons. The molecule has 0 bridgehead atoms. The lowest BCUT2D eigenvalue weighted by Crippen LogP contribution is -2.44. The van der Waals surface area contributed by atoms with Crippen molar-refractivity contribution in [3.8, 4) is 5.75 Å². The van der Waals surface area contributed by atoms with Crippen LogP contribution in [0.3, 0.4) is 0 Å². The zero-order chi connectivity index (χ0) is 19.3. The minimum absolute atomic E-state index is 0.0171. The standard InChI is InChI=1S/C22H27N3O3/c26-16-17-7-8-21-19(14-17)15-25(12-13-28-21)22(27)23-9-11-24-10-3-5-18-4-1-2-6-20(18)24/h1-2,4,6-8,14,26H,3,5,9-13,15-16H2,(H,23,27). The molecule has 0 spiro atoms. The lowest BCUT2D eigenvalue weighted by molar-refractivity contribution is 0.188. The van der Waals surface area contributed by atoms with Crippen molar-refractivity contribution in [2.24, 2.45) is 0 Å². The van der Waals surface area contributed by atoms with E-state index in [4.69, 9.17) is 4.74 Å². The van der Waals surface area contributed by atoms with E-state index in [1.54, 1.807) is 4.90 Å². The first-order chi connectivity index (χ1) is 13.7. The maximum absolute atomic E-state index is 12.7. The van der Waals surface area contributed by atoms with Crippen molar-refractivity contribution in [3.05, 3.63) is 59.2 Å². The van der Waals surface area contributed by atoms with Crippen molar-refractivity contribution < 1.29 is 14.6 Å². The first-order valence-corrected chi connectivity index (χ1v) is 9.95. The Morgan fingerprint density at radius 3 is 2.93 bits per heavy atom. The van der Waals surface area contributed by atoms with Crippen LogP contribution < -0.4 is 15.0 Å². The van der Waals surface area contributed by atoms with Crippen LogP contribution in [0.1, 0.15) is 23.1 Å². The number of rotatable bonds is 4. The lowest BCUT2D eigenvalue weighted by Gasteiger charge is -2.31. The molecular formula is C22H27N3O3. The number of anilines is 1. The monoisotopic (exact) mass is 381 g/mol. The summed E-state index contributed by atoms with van der Waals surface area (Å²) in [5, 5.41) is 12.4. The van der Waals surface area contributed by atoms with Crippen molar-refractivity contribution in [1.29, 1.82) is 0 Å². The number of ether oxygens (including phenoxy) is 1. The summed E-state index contributed by atoms with van der Waals surface area (Å²) < 4.78 is 5.76. The molecule has 0 radical (unpaired) electrons. The third-order valence-corrected chi connectivity index (χ3v) is 5.44. The van der Waals surface area contributed by atoms with Gasteiger partial charge in [0.1, 0.15) is 12.4 Å². The Morgan fingerprint density at radius 2 is 2.04 bits per heavy atom. The first-order valence-electron chi connectivity index (χ1n) is 9.95. The fourth-order valence-electron chi connectivity index (χ4n) is 3.97. The molecule has 2 aromatic carbocycles. The summed E-state index contributed by atoms with van der Waals surface area (Å²) in [4.78, 5) is 16.8. The van der Waals surface area contributed by atoms with Crippen LogP contribution in [0.4, 0.5) is 10.5 Å². The highest BCUT2D eigenvalue weighted by Gasteiger charge is 2.21. The summed E-state index contributed by atoms with van der Waals surface area (Å²) in [6, 6.07) is 14.1. The normalized spacial score (nSPS) is 15.9. The van der Waals surface area contributed by atoms with Crippen LogP contribution >= 0.6 is 0 Å². The molecule has 0 atom stereocenters. The predicted octanol–water partition coefficient (Wildman–Crippen LogP) is 2.54. The van der Waals surface area contributed by atoms with Crippen LogP contribution in [-0.2, 0) is 19.6 Å². The highest BCUT2D eigenvalue weighted by atomic mass is 16.5. The van der Waals surface area contributed by atoms with Crippen LogP contribution in [0.25, 0.3) is 0 Å². The average molecular weight is 381 g/mol. The molecule has 2 N–H and O–H groups in total. The van der Waals surface area contributed by atoms with Crippen molar-refractivity contribution in [1.82, 2.24) is 10.2 Å². The number of amides is 2. The van der Waals surface area contributed by atoms with Gasteiger partial charge in [-0.05, 0) is 42.2 Å². The van der Waals surface area contributed by atoms with Crippen LogP contribution in [0, 0.1) is 0 Å². The van der Waals surface area contributed by atoms with Crippen LogP contribution in [0.15, 0.2) is 42.5 Å². The number of fused-ring (bicyclic) bond motifs is 2. The molecule has 0 saturated heterocycles. The van der Waals surface area contributed by atoms with Gasteiger partial charge >= 0.3 is 6.03 Å². The molecule has 2 aromatic rings. The number of nitrogens with one attached hydrogen (secondary N) is 1. The van der Waals surface area contributed by atoms with Gasteiger partial charge in [0.05, 0.1) is 19.7 Å². The van der Waals surface area contributed by atoms with Crippen molar-refractivity contribution >= 4 is 11.7 Å². The third-order valence-electron chi connectivity index (χ3n) is 5.44. The predicted molar refractivity (Wildman–Crippen MR) is 109 cm³/mol. The van der Waals surface area contributed by atoms with Gasteiger partial charge in [0, 0.05) is 30.9 Å². The summed E-state index contributed by atoms with van der Waals surface area (Å²) in [5.74, 6) is 0.789. The van der Waals surface area contributed by atoms with Gasteiger partial charge in [-0.2, -0.15) is 0 Å².